The van der Waals surface area contributed by atoms with E-state index in [4.69, 9.17) is 0 Å². The smallest absolute Gasteiger partial charge is 0.235 e. The molecule has 1 aliphatic rings. The molecule has 0 radical (unpaired) electrons. The fourth-order valence-corrected chi connectivity index (χ4v) is 3.49. The zero-order chi connectivity index (χ0) is 14.8. The quantitative estimate of drug-likeness (QED) is 0.704. The first-order valence-corrected chi connectivity index (χ1v) is 8.19. The minimum Gasteiger partial charge on any atom is -0.353 e. The predicted octanol–water partition coefficient (Wildman–Crippen LogP) is -0.159. The molecule has 1 heterocycles. The molecule has 1 aliphatic heterocycles. The van der Waals surface area contributed by atoms with Gasteiger partial charge in [0.1, 0.15) is 5.41 Å². The van der Waals surface area contributed by atoms with Crippen LogP contribution >= 0.6 is 0 Å². The van der Waals surface area contributed by atoms with Crippen LogP contribution in [0.15, 0.2) is 0 Å². The third-order valence-electron chi connectivity index (χ3n) is 3.12. The first kappa shape index (κ1) is 15.9. The highest BCUT2D eigenvalue weighted by Crippen LogP contribution is 2.18. The Bertz CT molecular complexity index is 468. The molecule has 110 valence electrons. The topological polar surface area (TPSA) is 92.3 Å². The Morgan fingerprint density at radius 1 is 1.21 bits per heavy atom. The number of sulfone groups is 1. The molecule has 2 amide bonds. The third-order valence-corrected chi connectivity index (χ3v) is 4.89. The van der Waals surface area contributed by atoms with Gasteiger partial charge < -0.3 is 10.6 Å². The van der Waals surface area contributed by atoms with Crippen LogP contribution in [0.2, 0.25) is 0 Å². The molecule has 0 aromatic rings. The van der Waals surface area contributed by atoms with Crippen molar-refractivity contribution in [2.24, 2.45) is 5.41 Å². The Morgan fingerprint density at radius 3 is 2.21 bits per heavy atom. The molecule has 0 aliphatic carbocycles. The highest BCUT2D eigenvalue weighted by Gasteiger charge is 2.39. The average molecular weight is 290 g/mol. The molecule has 6 nitrogen and oxygen atoms in total. The number of nitrogens with one attached hydrogen (secondary N) is 2. The zero-order valence-electron chi connectivity index (χ0n) is 11.8. The Hall–Kier alpha value is -1.11. The summed E-state index contributed by atoms with van der Waals surface area (Å²) in [5, 5.41) is 5.34. The van der Waals surface area contributed by atoms with E-state index in [0.717, 1.165) is 0 Å². The Balaban J connectivity index is 2.64. The van der Waals surface area contributed by atoms with Gasteiger partial charge in [-0.25, -0.2) is 8.42 Å². The molecule has 1 saturated heterocycles. The van der Waals surface area contributed by atoms with Crippen molar-refractivity contribution in [2.75, 3.05) is 11.5 Å². The summed E-state index contributed by atoms with van der Waals surface area (Å²) < 4.78 is 22.6. The monoisotopic (exact) mass is 290 g/mol. The van der Waals surface area contributed by atoms with Gasteiger partial charge in [0.15, 0.2) is 9.84 Å². The van der Waals surface area contributed by atoms with Crippen molar-refractivity contribution in [2.45, 2.75) is 46.2 Å². The molecule has 0 spiro atoms. The highest BCUT2D eigenvalue weighted by molar-refractivity contribution is 7.91. The van der Waals surface area contributed by atoms with Crippen LogP contribution in [0.1, 0.15) is 34.1 Å². The molecule has 0 bridgehead atoms. The van der Waals surface area contributed by atoms with Crippen LogP contribution in [-0.2, 0) is 19.4 Å². The minimum atomic E-state index is -3.04. The van der Waals surface area contributed by atoms with E-state index >= 15 is 0 Å². The number of carbonyl (C=O) groups is 2. The van der Waals surface area contributed by atoms with Crippen LogP contribution in [0.25, 0.3) is 0 Å². The van der Waals surface area contributed by atoms with Crippen molar-refractivity contribution in [1.82, 2.24) is 10.6 Å². The number of rotatable bonds is 4. The van der Waals surface area contributed by atoms with E-state index in [-0.39, 0.29) is 29.5 Å². The van der Waals surface area contributed by atoms with E-state index < -0.39 is 21.2 Å². The highest BCUT2D eigenvalue weighted by atomic mass is 32.2. The van der Waals surface area contributed by atoms with Crippen LogP contribution in [0, 0.1) is 5.41 Å². The molecule has 1 rings (SSSR count). The number of hydrogen-bond acceptors (Lipinski definition) is 4. The van der Waals surface area contributed by atoms with Gasteiger partial charge in [-0.1, -0.05) is 0 Å². The molecule has 0 saturated carbocycles. The van der Waals surface area contributed by atoms with Crippen LogP contribution in [0.4, 0.5) is 0 Å². The molecule has 1 fully saturated rings. The van der Waals surface area contributed by atoms with Gasteiger partial charge in [-0.2, -0.15) is 0 Å². The largest absolute Gasteiger partial charge is 0.353 e. The van der Waals surface area contributed by atoms with Gasteiger partial charge >= 0.3 is 0 Å². The second kappa shape index (κ2) is 5.48. The molecule has 2 N–H and O–H groups in total. The maximum Gasteiger partial charge on any atom is 0.235 e. The minimum absolute atomic E-state index is 0.0411. The summed E-state index contributed by atoms with van der Waals surface area (Å²) in [5.74, 6) is -0.745. The standard InChI is InChI=1S/C12H22N2O4S/c1-8(2)13-10(15)12(3,4)11(16)14-9-5-6-19(17,18)7-9/h8-9H,5-7H2,1-4H3,(H,13,15)(H,14,16). The fraction of sp³-hybridized carbons (Fsp3) is 0.833. The summed E-state index contributed by atoms with van der Waals surface area (Å²) in [4.78, 5) is 24.0. The maximum absolute atomic E-state index is 12.1. The summed E-state index contributed by atoms with van der Waals surface area (Å²) in [5.41, 5.74) is -1.21. The van der Waals surface area contributed by atoms with E-state index in [0.29, 0.717) is 6.42 Å². The molecule has 0 aromatic carbocycles. The average Bonchev–Trinajstić information content (AvgIpc) is 2.56. The van der Waals surface area contributed by atoms with Crippen molar-refractivity contribution < 1.29 is 18.0 Å². The van der Waals surface area contributed by atoms with Crippen molar-refractivity contribution in [3.63, 3.8) is 0 Å². The summed E-state index contributed by atoms with van der Waals surface area (Å²) >= 11 is 0. The lowest BCUT2D eigenvalue weighted by Crippen LogP contribution is -2.51. The molecule has 1 atom stereocenters. The summed E-state index contributed by atoms with van der Waals surface area (Å²) in [6.45, 7) is 6.69. The number of hydrogen-bond donors (Lipinski definition) is 2. The Morgan fingerprint density at radius 2 is 1.79 bits per heavy atom. The number of carbonyl (C=O) groups excluding carboxylic acids is 2. The van der Waals surface area contributed by atoms with Crippen LogP contribution < -0.4 is 10.6 Å². The summed E-state index contributed by atoms with van der Waals surface area (Å²) in [6, 6.07) is -0.435. The van der Waals surface area contributed by atoms with Gasteiger partial charge in [-0.3, -0.25) is 9.59 Å². The van der Waals surface area contributed by atoms with Crippen molar-refractivity contribution in [1.29, 1.82) is 0 Å². The Labute approximate surface area is 114 Å². The molecule has 0 aromatic heterocycles. The maximum atomic E-state index is 12.1. The van der Waals surface area contributed by atoms with Crippen LogP contribution in [0.5, 0.6) is 0 Å². The lowest BCUT2D eigenvalue weighted by molar-refractivity contribution is -0.141. The fourth-order valence-electron chi connectivity index (χ4n) is 1.82. The van der Waals surface area contributed by atoms with E-state index in [1.165, 1.54) is 13.8 Å². The molecule has 19 heavy (non-hydrogen) atoms. The zero-order valence-corrected chi connectivity index (χ0v) is 12.6. The Kier molecular flexibility index (Phi) is 4.60. The van der Waals surface area contributed by atoms with Crippen LogP contribution in [0.3, 0.4) is 0 Å². The SMILES string of the molecule is CC(C)NC(=O)C(C)(C)C(=O)NC1CCS(=O)(=O)C1. The molecular formula is C12H22N2O4S. The van der Waals surface area contributed by atoms with Gasteiger partial charge in [-0.05, 0) is 34.1 Å². The van der Waals surface area contributed by atoms with Crippen LogP contribution in [-0.4, -0.2) is 43.8 Å². The van der Waals surface area contributed by atoms with Gasteiger partial charge in [0.25, 0.3) is 0 Å². The van der Waals surface area contributed by atoms with Gasteiger partial charge in [0, 0.05) is 12.1 Å². The van der Waals surface area contributed by atoms with Gasteiger partial charge in [0.05, 0.1) is 11.5 Å². The predicted molar refractivity (Wildman–Crippen MR) is 72.3 cm³/mol. The molecule has 1 unspecified atom stereocenters. The normalized spacial score (nSPS) is 22.3. The molecular weight excluding hydrogens is 268 g/mol. The lowest BCUT2D eigenvalue weighted by atomic mass is 9.90. The van der Waals surface area contributed by atoms with E-state index in [1.54, 1.807) is 0 Å². The second-order valence-corrected chi connectivity index (χ2v) is 8.06. The lowest BCUT2D eigenvalue weighted by Gasteiger charge is -2.25. The van der Waals surface area contributed by atoms with E-state index in [9.17, 15) is 18.0 Å². The van der Waals surface area contributed by atoms with Gasteiger partial charge in [0.2, 0.25) is 11.8 Å². The van der Waals surface area contributed by atoms with Crippen molar-refractivity contribution in [3.05, 3.63) is 0 Å². The third kappa shape index (κ3) is 4.19. The van der Waals surface area contributed by atoms with Crippen molar-refractivity contribution in [3.8, 4) is 0 Å². The van der Waals surface area contributed by atoms with E-state index in [2.05, 4.69) is 10.6 Å². The second-order valence-electron chi connectivity index (χ2n) is 5.83. The summed E-state index contributed by atoms with van der Waals surface area (Å²) in [6.07, 6.45) is 0.413. The first-order valence-electron chi connectivity index (χ1n) is 6.37. The first-order chi connectivity index (χ1) is 8.54. The van der Waals surface area contributed by atoms with Gasteiger partial charge in [-0.15, -0.1) is 0 Å². The van der Waals surface area contributed by atoms with Crippen molar-refractivity contribution >= 4 is 21.7 Å². The molecule has 7 heteroatoms. The number of amides is 2. The summed E-state index contributed by atoms with van der Waals surface area (Å²) in [7, 11) is -3.04. The van der Waals surface area contributed by atoms with E-state index in [1.807, 2.05) is 13.8 Å².